The Morgan fingerprint density at radius 3 is 2.76 bits per heavy atom. The smallest absolute Gasteiger partial charge is 0.237 e. The number of hydrogen-bond acceptors (Lipinski definition) is 6. The predicted octanol–water partition coefficient (Wildman–Crippen LogP) is 1.53. The van der Waals surface area contributed by atoms with Crippen LogP contribution in [0.15, 0.2) is 36.7 Å². The van der Waals surface area contributed by atoms with E-state index in [1.807, 2.05) is 0 Å². The minimum atomic E-state index is -3.60. The molecule has 0 fully saturated rings. The lowest BCUT2D eigenvalue weighted by atomic mass is 10.3. The summed E-state index contributed by atoms with van der Waals surface area (Å²) in [5, 5.41) is 0.149. The summed E-state index contributed by atoms with van der Waals surface area (Å²) in [6.45, 7) is -0.0393. The van der Waals surface area contributed by atoms with Gasteiger partial charge in [0.25, 0.3) is 0 Å². The number of nitrogens with two attached hydrogens (primary N) is 1. The summed E-state index contributed by atoms with van der Waals surface area (Å²) in [6, 6.07) is 8.17. The van der Waals surface area contributed by atoms with E-state index in [1.54, 1.807) is 24.3 Å². The lowest BCUT2D eigenvalue weighted by molar-refractivity contribution is 0.343. The third-order valence-corrected chi connectivity index (χ3v) is 3.85. The van der Waals surface area contributed by atoms with Crippen LogP contribution in [0, 0.1) is 0 Å². The molecule has 0 bridgehead atoms. The van der Waals surface area contributed by atoms with E-state index < -0.39 is 10.0 Å². The quantitative estimate of drug-likeness (QED) is 0.615. The van der Waals surface area contributed by atoms with Gasteiger partial charge in [-0.15, -0.1) is 0 Å². The van der Waals surface area contributed by atoms with Gasteiger partial charge in [-0.1, -0.05) is 23.7 Å². The predicted molar refractivity (Wildman–Crippen MR) is 80.8 cm³/mol. The van der Waals surface area contributed by atoms with Crippen molar-refractivity contribution >= 4 is 33.1 Å². The van der Waals surface area contributed by atoms with E-state index >= 15 is 0 Å². The first-order chi connectivity index (χ1) is 9.96. The van der Waals surface area contributed by atoms with Gasteiger partial charge in [0.1, 0.15) is 35.4 Å². The van der Waals surface area contributed by atoms with Crippen LogP contribution in [0.1, 0.15) is 0 Å². The number of nitrogens with zero attached hydrogens (tertiary/aromatic N) is 2. The standard InChI is InChI=1S/C12H13ClN4O3S/c13-11-7-12(16-8-15-11)17-21(18,19)6-5-20-10-4-2-1-3-9(10)14/h1-4,7-8H,5-6,14H2,(H,15,16,17). The molecule has 0 radical (unpaired) electrons. The summed E-state index contributed by atoms with van der Waals surface area (Å²) < 4.78 is 31.3. The van der Waals surface area contributed by atoms with Crippen molar-refractivity contribution in [3.8, 4) is 5.75 Å². The third kappa shape index (κ3) is 4.76. The molecule has 3 N–H and O–H groups in total. The number of rotatable bonds is 6. The number of ether oxygens (including phenoxy) is 1. The Kier molecular flexibility index (Phi) is 4.81. The molecule has 0 spiro atoms. The third-order valence-electron chi connectivity index (χ3n) is 2.42. The average molecular weight is 329 g/mol. The van der Waals surface area contributed by atoms with Crippen molar-refractivity contribution in [3.05, 3.63) is 41.8 Å². The Labute approximate surface area is 127 Å². The van der Waals surface area contributed by atoms with Crippen molar-refractivity contribution in [1.29, 1.82) is 0 Å². The van der Waals surface area contributed by atoms with E-state index in [1.165, 1.54) is 12.4 Å². The van der Waals surface area contributed by atoms with Gasteiger partial charge in [-0.2, -0.15) is 0 Å². The molecular weight excluding hydrogens is 316 g/mol. The second-order valence-electron chi connectivity index (χ2n) is 4.03. The Balaban J connectivity index is 1.91. The van der Waals surface area contributed by atoms with Gasteiger partial charge >= 0.3 is 0 Å². The normalized spacial score (nSPS) is 11.1. The summed E-state index contributed by atoms with van der Waals surface area (Å²) in [6.07, 6.45) is 1.17. The zero-order valence-corrected chi connectivity index (χ0v) is 12.4. The first kappa shape index (κ1) is 15.3. The maximum absolute atomic E-state index is 11.9. The van der Waals surface area contributed by atoms with Crippen LogP contribution in [0.5, 0.6) is 5.75 Å². The molecule has 0 amide bonds. The zero-order valence-electron chi connectivity index (χ0n) is 10.9. The number of benzene rings is 1. The van der Waals surface area contributed by atoms with Crippen LogP contribution in [0.25, 0.3) is 0 Å². The van der Waals surface area contributed by atoms with Crippen LogP contribution in [-0.2, 0) is 10.0 Å². The zero-order chi connectivity index (χ0) is 15.3. The van der Waals surface area contributed by atoms with E-state index in [4.69, 9.17) is 22.1 Å². The molecule has 0 saturated carbocycles. The summed E-state index contributed by atoms with van der Waals surface area (Å²) in [7, 11) is -3.60. The van der Waals surface area contributed by atoms with Crippen LogP contribution in [-0.4, -0.2) is 30.7 Å². The fraction of sp³-hybridized carbons (Fsp3) is 0.167. The van der Waals surface area contributed by atoms with Gasteiger partial charge in [-0.3, -0.25) is 4.72 Å². The van der Waals surface area contributed by atoms with Crippen LogP contribution in [0.4, 0.5) is 11.5 Å². The minimum Gasteiger partial charge on any atom is -0.490 e. The number of aromatic nitrogens is 2. The monoisotopic (exact) mass is 328 g/mol. The Hall–Kier alpha value is -2.06. The van der Waals surface area contributed by atoms with Crippen LogP contribution in [0.3, 0.4) is 0 Å². The Bertz CT molecular complexity index is 724. The highest BCUT2D eigenvalue weighted by atomic mass is 35.5. The van der Waals surface area contributed by atoms with Crippen molar-refractivity contribution in [3.63, 3.8) is 0 Å². The van der Waals surface area contributed by atoms with Crippen molar-refractivity contribution in [2.24, 2.45) is 0 Å². The number of sulfonamides is 1. The highest BCUT2D eigenvalue weighted by Crippen LogP contribution is 2.19. The lowest BCUT2D eigenvalue weighted by Crippen LogP contribution is -2.22. The fourth-order valence-corrected chi connectivity index (χ4v) is 2.46. The second kappa shape index (κ2) is 6.59. The molecule has 1 aromatic heterocycles. The van der Waals surface area contributed by atoms with Crippen molar-refractivity contribution in [2.45, 2.75) is 0 Å². The topological polar surface area (TPSA) is 107 Å². The molecule has 112 valence electrons. The van der Waals surface area contributed by atoms with Crippen LogP contribution in [0.2, 0.25) is 5.15 Å². The summed E-state index contributed by atoms with van der Waals surface area (Å²) in [5.74, 6) is 0.301. The fourth-order valence-electron chi connectivity index (χ4n) is 1.47. The second-order valence-corrected chi connectivity index (χ2v) is 6.26. The number of para-hydroxylation sites is 2. The molecule has 0 aliphatic heterocycles. The van der Waals surface area contributed by atoms with Gasteiger partial charge in [-0.25, -0.2) is 18.4 Å². The van der Waals surface area contributed by atoms with Crippen molar-refractivity contribution in [1.82, 2.24) is 9.97 Å². The van der Waals surface area contributed by atoms with E-state index in [0.717, 1.165) is 0 Å². The van der Waals surface area contributed by atoms with Crippen molar-refractivity contribution in [2.75, 3.05) is 22.8 Å². The maximum Gasteiger partial charge on any atom is 0.237 e. The number of anilines is 2. The van der Waals surface area contributed by atoms with Gasteiger partial charge in [0.05, 0.1) is 5.69 Å². The van der Waals surface area contributed by atoms with E-state index in [9.17, 15) is 8.42 Å². The molecule has 21 heavy (non-hydrogen) atoms. The number of halogens is 1. The lowest BCUT2D eigenvalue weighted by Gasteiger charge is -2.10. The molecule has 0 saturated heterocycles. The van der Waals surface area contributed by atoms with Gasteiger partial charge in [0, 0.05) is 6.07 Å². The molecular formula is C12H13ClN4O3S. The molecule has 0 unspecified atom stereocenters. The van der Waals surface area contributed by atoms with Crippen molar-refractivity contribution < 1.29 is 13.2 Å². The highest BCUT2D eigenvalue weighted by molar-refractivity contribution is 7.92. The average Bonchev–Trinajstić information content (AvgIpc) is 2.40. The van der Waals surface area contributed by atoms with Crippen LogP contribution < -0.4 is 15.2 Å². The van der Waals surface area contributed by atoms with Gasteiger partial charge < -0.3 is 10.5 Å². The molecule has 0 atom stereocenters. The highest BCUT2D eigenvalue weighted by Gasteiger charge is 2.12. The van der Waals surface area contributed by atoms with Gasteiger partial charge in [0.15, 0.2) is 0 Å². The number of nitrogen functional groups attached to an aromatic ring is 1. The largest absolute Gasteiger partial charge is 0.490 e. The number of hydrogen-bond donors (Lipinski definition) is 2. The summed E-state index contributed by atoms with van der Waals surface area (Å²) >= 11 is 5.65. The maximum atomic E-state index is 11.9. The summed E-state index contributed by atoms with van der Waals surface area (Å²) in [5.41, 5.74) is 6.14. The molecule has 2 rings (SSSR count). The number of nitrogens with one attached hydrogen (secondary N) is 1. The molecule has 0 aliphatic carbocycles. The van der Waals surface area contributed by atoms with Crippen LogP contribution >= 0.6 is 11.6 Å². The molecule has 0 aliphatic rings. The SMILES string of the molecule is Nc1ccccc1OCCS(=O)(=O)Nc1cc(Cl)ncn1. The summed E-state index contributed by atoms with van der Waals surface area (Å²) in [4.78, 5) is 7.42. The Morgan fingerprint density at radius 2 is 2.05 bits per heavy atom. The van der Waals surface area contributed by atoms with E-state index in [2.05, 4.69) is 14.7 Å². The molecule has 1 aromatic carbocycles. The molecule has 7 nitrogen and oxygen atoms in total. The van der Waals surface area contributed by atoms with Gasteiger partial charge in [-0.05, 0) is 12.1 Å². The van der Waals surface area contributed by atoms with E-state index in [-0.39, 0.29) is 23.3 Å². The first-order valence-electron chi connectivity index (χ1n) is 5.91. The Morgan fingerprint density at radius 1 is 1.29 bits per heavy atom. The first-order valence-corrected chi connectivity index (χ1v) is 7.95. The molecule has 9 heteroatoms. The van der Waals surface area contributed by atoms with E-state index in [0.29, 0.717) is 11.4 Å². The van der Waals surface area contributed by atoms with Gasteiger partial charge in [0.2, 0.25) is 10.0 Å². The minimum absolute atomic E-state index is 0.0393. The molecule has 1 heterocycles. The molecule has 2 aromatic rings.